The van der Waals surface area contributed by atoms with Gasteiger partial charge in [0.2, 0.25) is 5.91 Å². The molecule has 0 bridgehead atoms. The zero-order valence-electron chi connectivity index (χ0n) is 14.2. The molecule has 26 heavy (non-hydrogen) atoms. The maximum absolute atomic E-state index is 13.6. The van der Waals surface area contributed by atoms with E-state index in [4.69, 9.17) is 0 Å². The number of nitrogens with one attached hydrogen (secondary N) is 1. The molecule has 3 aromatic rings. The number of aryl methyl sites for hydroxylation is 3. The molecule has 0 atom stereocenters. The Labute approximate surface area is 149 Å². The van der Waals surface area contributed by atoms with Crippen LogP contribution < -0.4 is 10.9 Å². The SMILES string of the molecule is O=C(CCn1ccn2nc3c(c2c1=O)CCCC3)Nc1ccccc1F. The van der Waals surface area contributed by atoms with Gasteiger partial charge >= 0.3 is 0 Å². The minimum atomic E-state index is -0.481. The zero-order valence-corrected chi connectivity index (χ0v) is 14.2. The van der Waals surface area contributed by atoms with Gasteiger partial charge in [-0.25, -0.2) is 8.91 Å². The number of anilines is 1. The molecule has 1 amide bonds. The average Bonchev–Trinajstić information content (AvgIpc) is 3.02. The summed E-state index contributed by atoms with van der Waals surface area (Å²) in [7, 11) is 0. The van der Waals surface area contributed by atoms with E-state index in [2.05, 4.69) is 10.4 Å². The van der Waals surface area contributed by atoms with Gasteiger partial charge < -0.3 is 9.88 Å². The maximum atomic E-state index is 13.6. The summed E-state index contributed by atoms with van der Waals surface area (Å²) in [6, 6.07) is 6.01. The van der Waals surface area contributed by atoms with Crippen LogP contribution in [0.2, 0.25) is 0 Å². The highest BCUT2D eigenvalue weighted by Gasteiger charge is 2.19. The Balaban J connectivity index is 1.52. The van der Waals surface area contributed by atoms with Crippen molar-refractivity contribution >= 4 is 17.1 Å². The lowest BCUT2D eigenvalue weighted by atomic mass is 9.97. The van der Waals surface area contributed by atoms with Crippen LogP contribution in [-0.4, -0.2) is 20.1 Å². The number of benzene rings is 1. The Morgan fingerprint density at radius 1 is 1.19 bits per heavy atom. The first kappa shape index (κ1) is 16.5. The summed E-state index contributed by atoms with van der Waals surface area (Å²) < 4.78 is 16.8. The van der Waals surface area contributed by atoms with Gasteiger partial charge in [-0.2, -0.15) is 5.10 Å². The number of rotatable bonds is 4. The molecule has 0 unspecified atom stereocenters. The Kier molecular flexibility index (Phi) is 4.28. The van der Waals surface area contributed by atoms with Crippen molar-refractivity contribution < 1.29 is 9.18 Å². The highest BCUT2D eigenvalue weighted by Crippen LogP contribution is 2.22. The third-order valence-corrected chi connectivity index (χ3v) is 4.76. The van der Waals surface area contributed by atoms with E-state index in [1.165, 1.54) is 16.7 Å². The van der Waals surface area contributed by atoms with Crippen LogP contribution in [0.4, 0.5) is 10.1 Å². The molecule has 7 heteroatoms. The molecular formula is C19H19FN4O2. The van der Waals surface area contributed by atoms with Gasteiger partial charge in [-0.1, -0.05) is 12.1 Å². The number of para-hydroxylation sites is 1. The van der Waals surface area contributed by atoms with Crippen LogP contribution >= 0.6 is 0 Å². The predicted octanol–water partition coefficient (Wildman–Crippen LogP) is 2.54. The number of aromatic nitrogens is 3. The van der Waals surface area contributed by atoms with Crippen molar-refractivity contribution in [2.45, 2.75) is 38.6 Å². The first-order valence-corrected chi connectivity index (χ1v) is 8.77. The number of hydrogen-bond acceptors (Lipinski definition) is 3. The Bertz CT molecular complexity index is 1040. The second-order valence-corrected chi connectivity index (χ2v) is 6.50. The first-order chi connectivity index (χ1) is 12.6. The fourth-order valence-corrected chi connectivity index (χ4v) is 3.43. The van der Waals surface area contributed by atoms with E-state index >= 15 is 0 Å². The Morgan fingerprint density at radius 3 is 2.85 bits per heavy atom. The van der Waals surface area contributed by atoms with E-state index in [-0.39, 0.29) is 30.1 Å². The molecular weight excluding hydrogens is 335 g/mol. The number of carbonyl (C=O) groups is 1. The second kappa shape index (κ2) is 6.74. The van der Waals surface area contributed by atoms with Crippen LogP contribution in [0.5, 0.6) is 0 Å². The van der Waals surface area contributed by atoms with Crippen molar-refractivity contribution in [3.05, 3.63) is 64.1 Å². The van der Waals surface area contributed by atoms with E-state index < -0.39 is 5.82 Å². The molecule has 2 heterocycles. The summed E-state index contributed by atoms with van der Waals surface area (Å²) in [5, 5.41) is 7.03. The van der Waals surface area contributed by atoms with Crippen LogP contribution in [0.3, 0.4) is 0 Å². The van der Waals surface area contributed by atoms with Gasteiger partial charge in [-0.05, 0) is 37.8 Å². The van der Waals surface area contributed by atoms with Gasteiger partial charge in [-0.3, -0.25) is 9.59 Å². The van der Waals surface area contributed by atoms with E-state index in [9.17, 15) is 14.0 Å². The molecule has 0 spiro atoms. The van der Waals surface area contributed by atoms with Crippen molar-refractivity contribution in [3.8, 4) is 0 Å². The van der Waals surface area contributed by atoms with Crippen LogP contribution in [0.1, 0.15) is 30.5 Å². The molecule has 4 rings (SSSR count). The lowest BCUT2D eigenvalue weighted by Crippen LogP contribution is -2.25. The van der Waals surface area contributed by atoms with Crippen molar-refractivity contribution in [1.82, 2.24) is 14.2 Å². The van der Waals surface area contributed by atoms with Crippen LogP contribution in [0, 0.1) is 5.82 Å². The summed E-state index contributed by atoms with van der Waals surface area (Å²) in [6.07, 6.45) is 7.41. The number of hydrogen-bond donors (Lipinski definition) is 1. The number of amides is 1. The van der Waals surface area contributed by atoms with Crippen molar-refractivity contribution in [3.63, 3.8) is 0 Å². The van der Waals surface area contributed by atoms with E-state index in [1.807, 2.05) is 0 Å². The average molecular weight is 354 g/mol. The first-order valence-electron chi connectivity index (χ1n) is 8.77. The Morgan fingerprint density at radius 2 is 2.00 bits per heavy atom. The monoisotopic (exact) mass is 354 g/mol. The van der Waals surface area contributed by atoms with Gasteiger partial charge in [0.25, 0.3) is 5.56 Å². The smallest absolute Gasteiger partial charge is 0.276 e. The topological polar surface area (TPSA) is 68.4 Å². The molecule has 2 aromatic heterocycles. The van der Waals surface area contributed by atoms with Gasteiger partial charge in [0.05, 0.1) is 11.4 Å². The largest absolute Gasteiger partial charge is 0.324 e. The maximum Gasteiger partial charge on any atom is 0.276 e. The zero-order chi connectivity index (χ0) is 18.1. The third-order valence-electron chi connectivity index (χ3n) is 4.76. The highest BCUT2D eigenvalue weighted by atomic mass is 19.1. The summed E-state index contributed by atoms with van der Waals surface area (Å²) in [6.45, 7) is 0.232. The van der Waals surface area contributed by atoms with Gasteiger partial charge in [0, 0.05) is 30.9 Å². The standard InChI is InChI=1S/C19H19FN4O2/c20-14-6-2-4-8-16(14)21-17(25)9-10-23-11-12-24-18(19(23)26)13-5-1-3-7-15(13)22-24/h2,4,6,8,11-12H,1,3,5,7,9-10H2,(H,21,25). The summed E-state index contributed by atoms with van der Waals surface area (Å²) in [5.41, 5.74) is 2.65. The summed E-state index contributed by atoms with van der Waals surface area (Å²) >= 11 is 0. The van der Waals surface area contributed by atoms with Gasteiger partial charge in [0.1, 0.15) is 11.3 Å². The molecule has 0 aliphatic heterocycles. The lowest BCUT2D eigenvalue weighted by Gasteiger charge is -2.10. The molecule has 6 nitrogen and oxygen atoms in total. The van der Waals surface area contributed by atoms with Crippen LogP contribution in [0.25, 0.3) is 5.52 Å². The van der Waals surface area contributed by atoms with Gasteiger partial charge in [-0.15, -0.1) is 0 Å². The molecule has 0 saturated heterocycles. The molecule has 0 fully saturated rings. The number of fused-ring (bicyclic) bond motifs is 3. The minimum Gasteiger partial charge on any atom is -0.324 e. The molecule has 1 N–H and O–H groups in total. The highest BCUT2D eigenvalue weighted by molar-refractivity contribution is 5.90. The van der Waals surface area contributed by atoms with Crippen LogP contribution in [-0.2, 0) is 24.2 Å². The van der Waals surface area contributed by atoms with E-state index in [0.29, 0.717) is 5.52 Å². The second-order valence-electron chi connectivity index (χ2n) is 6.50. The number of carbonyl (C=O) groups excluding carboxylic acids is 1. The molecule has 1 aliphatic rings. The molecule has 0 radical (unpaired) electrons. The van der Waals surface area contributed by atoms with Crippen molar-refractivity contribution in [2.75, 3.05) is 5.32 Å². The molecule has 1 aromatic carbocycles. The van der Waals surface area contributed by atoms with Gasteiger partial charge in [0.15, 0.2) is 0 Å². The predicted molar refractivity (Wildman–Crippen MR) is 95.7 cm³/mol. The normalized spacial score (nSPS) is 13.6. The molecule has 1 aliphatic carbocycles. The van der Waals surface area contributed by atoms with Crippen LogP contribution in [0.15, 0.2) is 41.5 Å². The molecule has 134 valence electrons. The molecule has 0 saturated carbocycles. The number of halogens is 1. The summed E-state index contributed by atoms with van der Waals surface area (Å²) in [5.74, 6) is -0.817. The van der Waals surface area contributed by atoms with Crippen molar-refractivity contribution in [1.29, 1.82) is 0 Å². The lowest BCUT2D eigenvalue weighted by molar-refractivity contribution is -0.116. The van der Waals surface area contributed by atoms with Crippen molar-refractivity contribution in [2.24, 2.45) is 0 Å². The Hall–Kier alpha value is -2.96. The minimum absolute atomic E-state index is 0.0841. The van der Waals surface area contributed by atoms with E-state index in [0.717, 1.165) is 36.9 Å². The van der Waals surface area contributed by atoms with E-state index in [1.54, 1.807) is 29.0 Å². The number of nitrogens with zero attached hydrogens (tertiary/aromatic N) is 3. The quantitative estimate of drug-likeness (QED) is 0.783. The fourth-order valence-electron chi connectivity index (χ4n) is 3.43. The summed E-state index contributed by atoms with van der Waals surface area (Å²) in [4.78, 5) is 24.9. The third kappa shape index (κ3) is 3.00. The fraction of sp³-hybridized carbons (Fsp3) is 0.316.